The zero-order valence-corrected chi connectivity index (χ0v) is 17.1. The quantitative estimate of drug-likeness (QED) is 0.339. The van der Waals surface area contributed by atoms with E-state index in [4.69, 9.17) is 79.1 Å². The van der Waals surface area contributed by atoms with Crippen LogP contribution in [0.2, 0.25) is 0 Å². The van der Waals surface area contributed by atoms with E-state index in [-0.39, 0.29) is 32.7 Å². The van der Waals surface area contributed by atoms with Crippen molar-refractivity contribution in [3.05, 3.63) is 33.3 Å². The highest BCUT2D eigenvalue weighted by Crippen LogP contribution is 2.79. The number of carbonyl (C=O) groups is 2. The number of hydrogen-bond acceptors (Lipinski definition) is 4. The van der Waals surface area contributed by atoms with Gasteiger partial charge in [0, 0.05) is 25.0 Å². The van der Waals surface area contributed by atoms with Crippen LogP contribution in [0.15, 0.2) is 22.2 Å². The summed E-state index contributed by atoms with van der Waals surface area (Å²) in [5.74, 6) is -1.17. The molecule has 0 aromatic heterocycles. The number of benzene rings is 1. The van der Waals surface area contributed by atoms with E-state index in [1.807, 2.05) is 0 Å². The largest absolute Gasteiger partial charge is 0.426 e. The molecule has 1 aromatic carbocycles. The number of hydrogen-bond donors (Lipinski definition) is 0. The molecule has 2 bridgehead atoms. The van der Waals surface area contributed by atoms with Crippen molar-refractivity contribution in [2.45, 2.75) is 27.9 Å². The molecule has 0 fully saturated rings. The van der Waals surface area contributed by atoms with Crippen LogP contribution in [0.4, 0.5) is 0 Å². The Morgan fingerprint density at radius 2 is 1.12 bits per heavy atom. The summed E-state index contributed by atoms with van der Waals surface area (Å²) in [5, 5.41) is -0.201. The average Bonchev–Trinajstić information content (AvgIpc) is 2.70. The van der Waals surface area contributed by atoms with Gasteiger partial charge in [-0.2, -0.15) is 0 Å². The number of alkyl halides is 4. The summed E-state index contributed by atoms with van der Waals surface area (Å²) in [6.45, 7) is 2.41. The molecular weight excluding hydrogens is 457 g/mol. The Bertz CT molecular complexity index is 797. The second-order valence-corrected chi connectivity index (χ2v) is 8.74. The van der Waals surface area contributed by atoms with Crippen LogP contribution in [0.1, 0.15) is 25.0 Å². The molecule has 2 atom stereocenters. The van der Waals surface area contributed by atoms with Crippen molar-refractivity contribution < 1.29 is 19.1 Å². The Morgan fingerprint density at radius 3 is 1.40 bits per heavy atom. The first-order valence-electron chi connectivity index (χ1n) is 6.77. The van der Waals surface area contributed by atoms with Crippen molar-refractivity contribution >= 4 is 81.5 Å². The summed E-state index contributed by atoms with van der Waals surface area (Å²) in [5.41, 5.74) is 0.245. The Kier molecular flexibility index (Phi) is 4.51. The van der Waals surface area contributed by atoms with Crippen LogP contribution >= 0.6 is 69.6 Å². The third-order valence-electron chi connectivity index (χ3n) is 3.99. The maximum Gasteiger partial charge on any atom is 0.308 e. The minimum Gasteiger partial charge on any atom is -0.426 e. The fourth-order valence-corrected chi connectivity index (χ4v) is 5.78. The Morgan fingerprint density at radius 1 is 0.800 bits per heavy atom. The number of rotatable bonds is 2. The van der Waals surface area contributed by atoms with Crippen molar-refractivity contribution in [3.8, 4) is 11.5 Å². The molecule has 0 saturated heterocycles. The van der Waals surface area contributed by atoms with Gasteiger partial charge >= 0.3 is 11.9 Å². The predicted molar refractivity (Wildman–Crippen MR) is 97.3 cm³/mol. The van der Waals surface area contributed by atoms with Crippen molar-refractivity contribution in [2.24, 2.45) is 0 Å². The zero-order valence-electron chi connectivity index (χ0n) is 12.6. The summed E-state index contributed by atoms with van der Waals surface area (Å²) < 4.78 is 8.45. The van der Waals surface area contributed by atoms with Crippen molar-refractivity contribution in [1.29, 1.82) is 0 Å². The molecule has 0 saturated carbocycles. The van der Waals surface area contributed by atoms with E-state index in [9.17, 15) is 9.59 Å². The van der Waals surface area contributed by atoms with E-state index < -0.39 is 26.0 Å². The van der Waals surface area contributed by atoms with E-state index in [0.717, 1.165) is 0 Å². The van der Waals surface area contributed by atoms with E-state index in [1.54, 1.807) is 0 Å². The van der Waals surface area contributed by atoms with Crippen LogP contribution in [0.5, 0.6) is 11.5 Å². The van der Waals surface area contributed by atoms with Crippen LogP contribution in [0, 0.1) is 0 Å². The molecule has 0 amide bonds. The molecule has 10 heteroatoms. The lowest BCUT2D eigenvalue weighted by Gasteiger charge is -2.31. The molecule has 4 nitrogen and oxygen atoms in total. The van der Waals surface area contributed by atoms with Crippen LogP contribution in [0.3, 0.4) is 0 Å². The lowest BCUT2D eigenvalue weighted by molar-refractivity contribution is -0.133. The first kappa shape index (κ1) is 19.4. The van der Waals surface area contributed by atoms with Gasteiger partial charge < -0.3 is 9.47 Å². The van der Waals surface area contributed by atoms with Gasteiger partial charge in [-0.1, -0.05) is 46.4 Å². The second-order valence-electron chi connectivity index (χ2n) is 5.52. The molecule has 2 aliphatic rings. The molecule has 2 aliphatic carbocycles. The molecule has 0 spiro atoms. The molecule has 0 aliphatic heterocycles. The lowest BCUT2D eigenvalue weighted by Crippen LogP contribution is -2.39. The number of fused-ring (bicyclic) bond motifs is 5. The number of halogens is 6. The van der Waals surface area contributed by atoms with E-state index in [0.29, 0.717) is 0 Å². The molecule has 0 N–H and O–H groups in total. The van der Waals surface area contributed by atoms with Crippen molar-refractivity contribution in [3.63, 3.8) is 0 Å². The summed E-state index contributed by atoms with van der Waals surface area (Å²) in [6.07, 6.45) is 0. The molecule has 1 aromatic rings. The summed E-state index contributed by atoms with van der Waals surface area (Å²) >= 11 is 39.0. The van der Waals surface area contributed by atoms with Gasteiger partial charge in [-0.25, -0.2) is 0 Å². The van der Waals surface area contributed by atoms with Crippen molar-refractivity contribution in [1.82, 2.24) is 0 Å². The van der Waals surface area contributed by atoms with E-state index in [1.165, 1.54) is 26.0 Å². The SMILES string of the molecule is CC(=O)Oc1ccc(OC(C)=O)c2c1[C@]1(Cl)C(Cl)=C(Cl)[C@@]2(Cl)C1(Cl)Cl. The van der Waals surface area contributed by atoms with Gasteiger partial charge in [0.15, 0.2) is 4.33 Å². The monoisotopic (exact) mass is 462 g/mol. The first-order valence-corrected chi connectivity index (χ1v) is 9.04. The minimum atomic E-state index is -1.94. The molecule has 3 rings (SSSR count). The standard InChI is InChI=1S/C15H8Cl6O4/c1-5(22)24-7-3-4-8(25-6(2)23)10-9(7)13(18)11(16)12(17)14(10,19)15(13,20)21/h3-4H,1-2H3/t13-,14+. The third kappa shape index (κ3) is 2.22. The van der Waals surface area contributed by atoms with Gasteiger partial charge in [0.25, 0.3) is 0 Å². The van der Waals surface area contributed by atoms with Crippen LogP contribution in [0.25, 0.3) is 0 Å². The smallest absolute Gasteiger partial charge is 0.308 e. The van der Waals surface area contributed by atoms with E-state index >= 15 is 0 Å². The lowest BCUT2D eigenvalue weighted by atomic mass is 9.93. The van der Waals surface area contributed by atoms with Crippen LogP contribution in [-0.2, 0) is 19.3 Å². The maximum atomic E-state index is 11.5. The van der Waals surface area contributed by atoms with E-state index in [2.05, 4.69) is 0 Å². The van der Waals surface area contributed by atoms with Crippen molar-refractivity contribution in [2.75, 3.05) is 0 Å². The highest BCUT2D eigenvalue weighted by Gasteiger charge is 2.79. The van der Waals surface area contributed by atoms with Gasteiger partial charge in [-0.15, -0.1) is 23.2 Å². The number of allylic oxidation sites excluding steroid dienone is 2. The molecule has 0 radical (unpaired) electrons. The minimum absolute atomic E-state index is 0.0314. The fraction of sp³-hybridized carbons (Fsp3) is 0.333. The fourth-order valence-electron chi connectivity index (χ4n) is 3.08. The number of esters is 2. The normalized spacial score (nSPS) is 28.8. The van der Waals surface area contributed by atoms with Gasteiger partial charge in [0.1, 0.15) is 21.2 Å². The highest BCUT2D eigenvalue weighted by molar-refractivity contribution is 6.65. The Hall–Kier alpha value is -0.360. The van der Waals surface area contributed by atoms with Crippen LogP contribution < -0.4 is 9.47 Å². The topological polar surface area (TPSA) is 52.6 Å². The van der Waals surface area contributed by atoms with Gasteiger partial charge in [0.2, 0.25) is 0 Å². The second kappa shape index (κ2) is 5.82. The molecular formula is C15H8Cl6O4. The average molecular weight is 465 g/mol. The zero-order chi connectivity index (χ0) is 18.9. The third-order valence-corrected chi connectivity index (χ3v) is 8.07. The molecule has 134 valence electrons. The molecule has 0 heterocycles. The summed E-state index contributed by atoms with van der Waals surface area (Å²) in [4.78, 5) is 19.3. The van der Waals surface area contributed by atoms with Crippen LogP contribution in [-0.4, -0.2) is 16.3 Å². The van der Waals surface area contributed by atoms with Gasteiger partial charge in [-0.3, -0.25) is 9.59 Å². The predicted octanol–water partition coefficient (Wildman–Crippen LogP) is 5.30. The summed E-state index contributed by atoms with van der Waals surface area (Å²) in [7, 11) is 0. The van der Waals surface area contributed by atoms with Gasteiger partial charge in [0.05, 0.1) is 10.1 Å². The Labute approximate surface area is 172 Å². The first-order chi connectivity index (χ1) is 11.4. The molecule has 0 unspecified atom stereocenters. The highest BCUT2D eigenvalue weighted by atomic mass is 35.5. The van der Waals surface area contributed by atoms with Gasteiger partial charge in [-0.05, 0) is 12.1 Å². The number of ether oxygens (including phenoxy) is 2. The maximum absolute atomic E-state index is 11.5. The Balaban J connectivity index is 2.42. The number of carbonyl (C=O) groups excluding carboxylic acids is 2. The molecule has 25 heavy (non-hydrogen) atoms. The summed E-state index contributed by atoms with van der Waals surface area (Å²) in [6, 6.07) is 2.76.